The predicted molar refractivity (Wildman–Crippen MR) is 104 cm³/mol. The van der Waals surface area contributed by atoms with Crippen LogP contribution in [0.15, 0.2) is 35.2 Å². The molecule has 0 radical (unpaired) electrons. The number of hydrogen-bond donors (Lipinski definition) is 0. The normalized spacial score (nSPS) is 16.5. The standard InChI is InChI=1S/C21H23N5O2/c1-13-5-4-7-23-20(13)21(27)26-8-6-16(12-26)9-17-10-22-11-18(24-17)19-14(2)25-28-15(19)3/h4-5,7,10-11,16H,6,8-9,12H2,1-3H3. The van der Waals surface area contributed by atoms with Gasteiger partial charge in [-0.3, -0.25) is 14.8 Å². The summed E-state index contributed by atoms with van der Waals surface area (Å²) < 4.78 is 5.25. The SMILES string of the molecule is Cc1cccnc1C(=O)N1CCC(Cc2cncc(-c3c(C)noc3C)n2)C1. The Morgan fingerprint density at radius 1 is 1.29 bits per heavy atom. The van der Waals surface area contributed by atoms with Crippen LogP contribution >= 0.6 is 0 Å². The fraction of sp³-hybridized carbons (Fsp3) is 0.381. The number of rotatable bonds is 4. The quantitative estimate of drug-likeness (QED) is 0.694. The lowest BCUT2D eigenvalue weighted by atomic mass is 10.0. The molecule has 1 unspecified atom stereocenters. The highest BCUT2D eigenvalue weighted by Crippen LogP contribution is 2.26. The van der Waals surface area contributed by atoms with Gasteiger partial charge in [-0.15, -0.1) is 0 Å². The topological polar surface area (TPSA) is 85.0 Å². The Kier molecular flexibility index (Phi) is 4.90. The van der Waals surface area contributed by atoms with Gasteiger partial charge >= 0.3 is 0 Å². The van der Waals surface area contributed by atoms with E-state index in [0.717, 1.165) is 53.4 Å². The number of nitrogens with zero attached hydrogens (tertiary/aromatic N) is 5. The molecular formula is C21H23N5O2. The summed E-state index contributed by atoms with van der Waals surface area (Å²) in [6.45, 7) is 7.16. The van der Waals surface area contributed by atoms with Crippen molar-refractivity contribution in [3.63, 3.8) is 0 Å². The number of carbonyl (C=O) groups excluding carboxylic acids is 1. The third-order valence-electron chi connectivity index (χ3n) is 5.26. The second kappa shape index (κ2) is 7.50. The molecule has 7 heteroatoms. The first-order valence-electron chi connectivity index (χ1n) is 9.48. The van der Waals surface area contributed by atoms with Crippen LogP contribution in [0.5, 0.6) is 0 Å². The molecule has 1 atom stereocenters. The Hall–Kier alpha value is -3.09. The Balaban J connectivity index is 1.46. The van der Waals surface area contributed by atoms with Crippen LogP contribution in [0.25, 0.3) is 11.3 Å². The van der Waals surface area contributed by atoms with E-state index in [4.69, 9.17) is 9.51 Å². The van der Waals surface area contributed by atoms with E-state index in [1.165, 1.54) is 0 Å². The van der Waals surface area contributed by atoms with Gasteiger partial charge in [0.15, 0.2) is 0 Å². The van der Waals surface area contributed by atoms with Gasteiger partial charge in [0.25, 0.3) is 5.91 Å². The summed E-state index contributed by atoms with van der Waals surface area (Å²) in [5, 5.41) is 4.00. The van der Waals surface area contributed by atoms with E-state index in [-0.39, 0.29) is 5.91 Å². The van der Waals surface area contributed by atoms with Gasteiger partial charge in [0.1, 0.15) is 11.5 Å². The van der Waals surface area contributed by atoms with Crippen LogP contribution in [-0.4, -0.2) is 44.0 Å². The second-order valence-corrected chi connectivity index (χ2v) is 7.37. The maximum absolute atomic E-state index is 12.8. The summed E-state index contributed by atoms with van der Waals surface area (Å²) in [5.41, 5.74) is 4.88. The third-order valence-corrected chi connectivity index (χ3v) is 5.26. The van der Waals surface area contributed by atoms with Gasteiger partial charge in [-0.2, -0.15) is 0 Å². The lowest BCUT2D eigenvalue weighted by molar-refractivity contribution is 0.0780. The molecule has 7 nitrogen and oxygen atoms in total. The molecule has 0 N–H and O–H groups in total. The molecule has 144 valence electrons. The van der Waals surface area contributed by atoms with Crippen molar-refractivity contribution in [3.05, 3.63) is 59.1 Å². The van der Waals surface area contributed by atoms with E-state index in [0.29, 0.717) is 18.2 Å². The van der Waals surface area contributed by atoms with Crippen molar-refractivity contribution in [2.45, 2.75) is 33.6 Å². The third kappa shape index (κ3) is 3.52. The minimum Gasteiger partial charge on any atom is -0.361 e. The molecule has 4 heterocycles. The van der Waals surface area contributed by atoms with Gasteiger partial charge in [-0.1, -0.05) is 11.2 Å². The highest BCUT2D eigenvalue weighted by atomic mass is 16.5. The summed E-state index contributed by atoms with van der Waals surface area (Å²) in [5.74, 6) is 1.12. The maximum atomic E-state index is 12.8. The fourth-order valence-electron chi connectivity index (χ4n) is 3.81. The van der Waals surface area contributed by atoms with Crippen molar-refractivity contribution in [1.29, 1.82) is 0 Å². The van der Waals surface area contributed by atoms with Crippen LogP contribution in [-0.2, 0) is 6.42 Å². The van der Waals surface area contributed by atoms with Gasteiger partial charge in [0.2, 0.25) is 0 Å². The number of pyridine rings is 1. The van der Waals surface area contributed by atoms with Crippen molar-refractivity contribution in [1.82, 2.24) is 25.0 Å². The van der Waals surface area contributed by atoms with Gasteiger partial charge in [0, 0.05) is 25.5 Å². The van der Waals surface area contributed by atoms with Gasteiger partial charge in [-0.05, 0) is 51.2 Å². The van der Waals surface area contributed by atoms with Crippen LogP contribution in [0.2, 0.25) is 0 Å². The Morgan fingerprint density at radius 2 is 2.14 bits per heavy atom. The lowest BCUT2D eigenvalue weighted by Crippen LogP contribution is -2.30. The number of likely N-dealkylation sites (tertiary alicyclic amines) is 1. The van der Waals surface area contributed by atoms with Crippen molar-refractivity contribution < 1.29 is 9.32 Å². The molecule has 28 heavy (non-hydrogen) atoms. The zero-order valence-corrected chi connectivity index (χ0v) is 16.3. The molecule has 1 saturated heterocycles. The number of hydrogen-bond acceptors (Lipinski definition) is 6. The minimum atomic E-state index is 0.0103. The summed E-state index contributed by atoms with van der Waals surface area (Å²) in [7, 11) is 0. The van der Waals surface area contributed by atoms with Crippen molar-refractivity contribution in [2.24, 2.45) is 5.92 Å². The highest BCUT2D eigenvalue weighted by molar-refractivity contribution is 5.93. The van der Waals surface area contributed by atoms with E-state index < -0.39 is 0 Å². The Bertz CT molecular complexity index is 994. The molecule has 0 bridgehead atoms. The van der Waals surface area contributed by atoms with Crippen LogP contribution in [0.1, 0.15) is 39.6 Å². The first kappa shape index (κ1) is 18.3. The molecule has 1 fully saturated rings. The van der Waals surface area contributed by atoms with Crippen molar-refractivity contribution in [2.75, 3.05) is 13.1 Å². The zero-order valence-electron chi connectivity index (χ0n) is 16.3. The van der Waals surface area contributed by atoms with Crippen LogP contribution in [0.4, 0.5) is 0 Å². The van der Waals surface area contributed by atoms with E-state index in [1.54, 1.807) is 18.6 Å². The van der Waals surface area contributed by atoms with Gasteiger partial charge in [-0.25, -0.2) is 4.98 Å². The Morgan fingerprint density at radius 3 is 2.89 bits per heavy atom. The number of carbonyl (C=O) groups is 1. The van der Waals surface area contributed by atoms with E-state index in [9.17, 15) is 4.79 Å². The highest BCUT2D eigenvalue weighted by Gasteiger charge is 2.29. The molecule has 4 rings (SSSR count). The monoisotopic (exact) mass is 377 g/mol. The summed E-state index contributed by atoms with van der Waals surface area (Å²) in [4.78, 5) is 28.0. The molecule has 0 spiro atoms. The van der Waals surface area contributed by atoms with Crippen molar-refractivity contribution >= 4 is 5.91 Å². The van der Waals surface area contributed by atoms with E-state index in [2.05, 4.69) is 15.1 Å². The van der Waals surface area contributed by atoms with Crippen molar-refractivity contribution in [3.8, 4) is 11.3 Å². The minimum absolute atomic E-state index is 0.0103. The predicted octanol–water partition coefficient (Wildman–Crippen LogP) is 3.16. The van der Waals surface area contributed by atoms with Crippen LogP contribution < -0.4 is 0 Å². The molecule has 0 saturated carbocycles. The first-order chi connectivity index (χ1) is 13.5. The van der Waals surface area contributed by atoms with E-state index in [1.807, 2.05) is 37.8 Å². The molecule has 1 aliphatic rings. The molecule has 1 amide bonds. The molecule has 3 aromatic heterocycles. The number of amides is 1. The smallest absolute Gasteiger partial charge is 0.272 e. The molecular weight excluding hydrogens is 354 g/mol. The first-order valence-corrected chi connectivity index (χ1v) is 9.48. The van der Waals surface area contributed by atoms with Crippen LogP contribution in [0.3, 0.4) is 0 Å². The number of aromatic nitrogens is 4. The lowest BCUT2D eigenvalue weighted by Gasteiger charge is -2.17. The fourth-order valence-corrected chi connectivity index (χ4v) is 3.81. The second-order valence-electron chi connectivity index (χ2n) is 7.37. The maximum Gasteiger partial charge on any atom is 0.272 e. The zero-order chi connectivity index (χ0) is 19.7. The van der Waals surface area contributed by atoms with Crippen LogP contribution in [0, 0.1) is 26.7 Å². The Labute approximate surface area is 163 Å². The largest absolute Gasteiger partial charge is 0.361 e. The average Bonchev–Trinajstić information content (AvgIpc) is 3.28. The summed E-state index contributed by atoms with van der Waals surface area (Å²) in [6.07, 6.45) is 6.95. The summed E-state index contributed by atoms with van der Waals surface area (Å²) in [6, 6.07) is 3.77. The molecule has 1 aliphatic heterocycles. The molecule has 0 aromatic carbocycles. The van der Waals surface area contributed by atoms with E-state index >= 15 is 0 Å². The number of aryl methyl sites for hydroxylation is 3. The molecule has 3 aromatic rings. The average molecular weight is 377 g/mol. The molecule has 0 aliphatic carbocycles. The van der Waals surface area contributed by atoms with Gasteiger partial charge in [0.05, 0.1) is 28.8 Å². The summed E-state index contributed by atoms with van der Waals surface area (Å²) >= 11 is 0. The van der Waals surface area contributed by atoms with Gasteiger partial charge < -0.3 is 9.42 Å².